The zero-order valence-corrected chi connectivity index (χ0v) is 21.0. The maximum absolute atomic E-state index is 13.0. The molecule has 0 radical (unpaired) electrons. The van der Waals surface area contributed by atoms with Crippen molar-refractivity contribution in [1.29, 1.82) is 0 Å². The van der Waals surface area contributed by atoms with Gasteiger partial charge in [-0.05, 0) is 79.8 Å². The van der Waals surface area contributed by atoms with Crippen LogP contribution in [0.1, 0.15) is 54.1 Å². The van der Waals surface area contributed by atoms with Gasteiger partial charge in [0.2, 0.25) is 0 Å². The summed E-state index contributed by atoms with van der Waals surface area (Å²) < 4.78 is 0. The Morgan fingerprint density at radius 3 is 2.78 bits per heavy atom. The lowest BCUT2D eigenvalue weighted by Gasteiger charge is -2.24. The average Bonchev–Trinajstić information content (AvgIpc) is 3.28. The van der Waals surface area contributed by atoms with Crippen LogP contribution in [0, 0.1) is 6.92 Å². The van der Waals surface area contributed by atoms with E-state index in [1.807, 2.05) is 42.5 Å². The number of H-pyrrole nitrogens is 1. The van der Waals surface area contributed by atoms with E-state index < -0.39 is 0 Å². The molecule has 0 unspecified atom stereocenters. The van der Waals surface area contributed by atoms with E-state index in [-0.39, 0.29) is 5.91 Å². The summed E-state index contributed by atoms with van der Waals surface area (Å²) >= 11 is 0. The largest absolute Gasteiger partial charge is 0.364 e. The monoisotopic (exact) mass is 483 g/mol. The number of carbonyl (C=O) groups is 1. The van der Waals surface area contributed by atoms with Crippen molar-refractivity contribution in [2.45, 2.75) is 45.6 Å². The van der Waals surface area contributed by atoms with Crippen LogP contribution in [0.15, 0.2) is 54.7 Å². The number of hydrogen-bond donors (Lipinski definition) is 5. The van der Waals surface area contributed by atoms with Gasteiger partial charge in [0.15, 0.2) is 11.5 Å². The van der Waals surface area contributed by atoms with Crippen LogP contribution in [0.3, 0.4) is 0 Å². The molecule has 5 N–H and O–H groups in total. The molecule has 0 aliphatic carbocycles. The maximum Gasteiger partial charge on any atom is 0.255 e. The number of carbonyl (C=O) groups excluding carboxylic acids is 1. The number of rotatable bonds is 7. The van der Waals surface area contributed by atoms with Crippen molar-refractivity contribution in [3.05, 3.63) is 71.4 Å². The fourth-order valence-electron chi connectivity index (χ4n) is 4.83. The molecule has 1 amide bonds. The van der Waals surface area contributed by atoms with Crippen molar-refractivity contribution in [2.24, 2.45) is 0 Å². The number of nitrogens with zero attached hydrogens (tertiary/aromatic N) is 2. The minimum Gasteiger partial charge on any atom is -0.364 e. The van der Waals surface area contributed by atoms with Crippen molar-refractivity contribution in [1.82, 2.24) is 20.5 Å². The first-order chi connectivity index (χ1) is 17.5. The number of anilines is 4. The first kappa shape index (κ1) is 23.8. The lowest BCUT2D eigenvalue weighted by atomic mass is 9.97. The molecule has 1 saturated heterocycles. The van der Waals surface area contributed by atoms with E-state index in [4.69, 9.17) is 0 Å². The molecule has 36 heavy (non-hydrogen) atoms. The minimum atomic E-state index is -0.148. The van der Waals surface area contributed by atoms with Crippen LogP contribution >= 0.6 is 0 Å². The molecular formula is C28H33N7O. The predicted molar refractivity (Wildman–Crippen MR) is 146 cm³/mol. The van der Waals surface area contributed by atoms with E-state index in [9.17, 15) is 4.79 Å². The summed E-state index contributed by atoms with van der Waals surface area (Å²) in [6.07, 6.45) is 3.98. The van der Waals surface area contributed by atoms with Gasteiger partial charge in [-0.3, -0.25) is 9.89 Å². The van der Waals surface area contributed by atoms with Gasteiger partial charge in [-0.25, -0.2) is 4.98 Å². The second kappa shape index (κ2) is 10.4. The summed E-state index contributed by atoms with van der Waals surface area (Å²) in [6, 6.07) is 15.8. The standard InChI is InChI=1S/C28H33N7O/c1-17(2)23-10-9-21(14-18(23)3)33-28(36)19-6-4-7-20(15-19)31-24-11-13-30-26-25(24)27(35-34-26)32-22-8-5-12-29-16-22/h4,6-7,9-11,13-15,17,22,29H,5,8,12,16H2,1-3H3,(H,33,36)(H3,30,31,32,34,35)/t22-/m1/s1. The third kappa shape index (κ3) is 5.18. The first-order valence-corrected chi connectivity index (χ1v) is 12.6. The normalized spacial score (nSPS) is 15.7. The molecule has 2 aromatic carbocycles. The fourth-order valence-corrected chi connectivity index (χ4v) is 4.83. The van der Waals surface area contributed by atoms with E-state index in [2.05, 4.69) is 63.3 Å². The number of pyridine rings is 1. The van der Waals surface area contributed by atoms with Crippen LogP contribution in [0.4, 0.5) is 22.9 Å². The highest BCUT2D eigenvalue weighted by atomic mass is 16.1. The number of amides is 1. The summed E-state index contributed by atoms with van der Waals surface area (Å²) in [5, 5.41) is 21.9. The molecule has 186 valence electrons. The van der Waals surface area contributed by atoms with Gasteiger partial charge in [0, 0.05) is 35.7 Å². The lowest BCUT2D eigenvalue weighted by Crippen LogP contribution is -2.38. The summed E-state index contributed by atoms with van der Waals surface area (Å²) in [5.41, 5.74) is 6.23. The van der Waals surface area contributed by atoms with E-state index in [0.29, 0.717) is 23.2 Å². The number of piperidine rings is 1. The van der Waals surface area contributed by atoms with Gasteiger partial charge < -0.3 is 21.3 Å². The lowest BCUT2D eigenvalue weighted by molar-refractivity contribution is 0.102. The summed E-state index contributed by atoms with van der Waals surface area (Å²) in [5.74, 6) is 1.08. The van der Waals surface area contributed by atoms with Gasteiger partial charge in [0.05, 0.1) is 11.1 Å². The number of nitrogens with one attached hydrogen (secondary N) is 5. The number of aromatic amines is 1. The zero-order valence-electron chi connectivity index (χ0n) is 21.0. The predicted octanol–water partition coefficient (Wildman–Crippen LogP) is 5.55. The van der Waals surface area contributed by atoms with Crippen LogP contribution in [-0.2, 0) is 0 Å². The van der Waals surface area contributed by atoms with Gasteiger partial charge in [0.25, 0.3) is 5.91 Å². The molecule has 1 atom stereocenters. The summed E-state index contributed by atoms with van der Waals surface area (Å²) in [6.45, 7) is 8.39. The maximum atomic E-state index is 13.0. The highest BCUT2D eigenvalue weighted by molar-refractivity contribution is 6.05. The average molecular weight is 484 g/mol. The van der Waals surface area contributed by atoms with Crippen molar-refractivity contribution in [3.63, 3.8) is 0 Å². The molecule has 8 nitrogen and oxygen atoms in total. The number of fused-ring (bicyclic) bond motifs is 1. The molecule has 0 saturated carbocycles. The highest BCUT2D eigenvalue weighted by Crippen LogP contribution is 2.31. The number of benzene rings is 2. The Balaban J connectivity index is 1.34. The van der Waals surface area contributed by atoms with Crippen LogP contribution in [-0.4, -0.2) is 40.2 Å². The molecule has 0 bridgehead atoms. The summed E-state index contributed by atoms with van der Waals surface area (Å²) in [7, 11) is 0. The molecule has 4 aromatic rings. The van der Waals surface area contributed by atoms with Gasteiger partial charge in [-0.1, -0.05) is 26.0 Å². The number of hydrogen-bond acceptors (Lipinski definition) is 6. The van der Waals surface area contributed by atoms with Crippen molar-refractivity contribution >= 4 is 39.8 Å². The molecule has 0 spiro atoms. The Labute approximate surface area is 211 Å². The second-order valence-corrected chi connectivity index (χ2v) is 9.73. The quantitative estimate of drug-likeness (QED) is 0.236. The van der Waals surface area contributed by atoms with Crippen LogP contribution < -0.4 is 21.3 Å². The van der Waals surface area contributed by atoms with E-state index in [1.165, 1.54) is 11.1 Å². The molecule has 3 heterocycles. The Kier molecular flexibility index (Phi) is 6.86. The van der Waals surface area contributed by atoms with E-state index in [0.717, 1.165) is 54.2 Å². The number of aryl methyl sites for hydroxylation is 1. The smallest absolute Gasteiger partial charge is 0.255 e. The Morgan fingerprint density at radius 2 is 2.00 bits per heavy atom. The topological polar surface area (TPSA) is 107 Å². The molecule has 1 aliphatic rings. The van der Waals surface area contributed by atoms with Gasteiger partial charge in [-0.2, -0.15) is 5.10 Å². The Hall–Kier alpha value is -3.91. The molecule has 1 fully saturated rings. The van der Waals surface area contributed by atoms with Crippen molar-refractivity contribution < 1.29 is 4.79 Å². The fraction of sp³-hybridized carbons (Fsp3) is 0.321. The van der Waals surface area contributed by atoms with Crippen molar-refractivity contribution in [3.8, 4) is 0 Å². The Morgan fingerprint density at radius 1 is 1.11 bits per heavy atom. The van der Waals surface area contributed by atoms with Gasteiger partial charge in [0.1, 0.15) is 0 Å². The third-order valence-electron chi connectivity index (χ3n) is 6.65. The molecule has 8 heteroatoms. The second-order valence-electron chi connectivity index (χ2n) is 9.73. The first-order valence-electron chi connectivity index (χ1n) is 12.6. The van der Waals surface area contributed by atoms with Gasteiger partial charge >= 0.3 is 0 Å². The molecular weight excluding hydrogens is 450 g/mol. The SMILES string of the molecule is Cc1cc(NC(=O)c2cccc(Nc3ccnc4[nH]nc(N[C@@H]5CCCNC5)c34)c2)ccc1C(C)C. The highest BCUT2D eigenvalue weighted by Gasteiger charge is 2.18. The van der Waals surface area contributed by atoms with E-state index in [1.54, 1.807) is 6.20 Å². The molecule has 2 aromatic heterocycles. The van der Waals surface area contributed by atoms with Crippen LogP contribution in [0.5, 0.6) is 0 Å². The molecule has 5 rings (SSSR count). The van der Waals surface area contributed by atoms with Crippen LogP contribution in [0.25, 0.3) is 11.0 Å². The summed E-state index contributed by atoms with van der Waals surface area (Å²) in [4.78, 5) is 17.5. The van der Waals surface area contributed by atoms with Crippen LogP contribution in [0.2, 0.25) is 0 Å². The number of aromatic nitrogens is 3. The van der Waals surface area contributed by atoms with E-state index >= 15 is 0 Å². The van der Waals surface area contributed by atoms with Crippen molar-refractivity contribution in [2.75, 3.05) is 29.0 Å². The minimum absolute atomic E-state index is 0.148. The Bertz CT molecular complexity index is 1370. The van der Waals surface area contributed by atoms with Gasteiger partial charge in [-0.15, -0.1) is 0 Å². The molecule has 1 aliphatic heterocycles. The third-order valence-corrected chi connectivity index (χ3v) is 6.65. The zero-order chi connectivity index (χ0) is 25.1.